The van der Waals surface area contributed by atoms with E-state index in [0.717, 1.165) is 5.39 Å². The molecule has 0 fully saturated rings. The van der Waals surface area contributed by atoms with Gasteiger partial charge in [0.1, 0.15) is 40.2 Å². The topological polar surface area (TPSA) is 139 Å². The Hall–Kier alpha value is -5.05. The molecule has 37 heavy (non-hydrogen) atoms. The maximum Gasteiger partial charge on any atom is 0.312 e. The van der Waals surface area contributed by atoms with Crippen molar-refractivity contribution in [3.63, 3.8) is 0 Å². The summed E-state index contributed by atoms with van der Waals surface area (Å²) in [6.45, 7) is 0. The first-order valence-corrected chi connectivity index (χ1v) is 11.4. The van der Waals surface area contributed by atoms with Crippen LogP contribution in [-0.4, -0.2) is 28.3 Å². The number of aromatic nitrogens is 1. The highest BCUT2D eigenvalue weighted by molar-refractivity contribution is 5.94. The first kappa shape index (κ1) is 22.4. The fourth-order valence-electron chi connectivity index (χ4n) is 4.82. The minimum Gasteiger partial charge on any atom is -0.508 e. The number of phenols is 2. The normalized spacial score (nSPS) is 14.9. The number of fused-ring (bicyclic) bond motifs is 4. The van der Waals surface area contributed by atoms with Crippen LogP contribution in [0.3, 0.4) is 0 Å². The van der Waals surface area contributed by atoms with Gasteiger partial charge in [-0.3, -0.25) is 14.4 Å². The molecule has 0 unspecified atom stereocenters. The average Bonchev–Trinajstić information content (AvgIpc) is 2.88. The minimum absolute atomic E-state index is 0.0148. The zero-order valence-electron chi connectivity index (χ0n) is 19.4. The maximum absolute atomic E-state index is 13.5. The fourth-order valence-corrected chi connectivity index (χ4v) is 4.82. The van der Waals surface area contributed by atoms with Crippen LogP contribution in [0.4, 0.5) is 0 Å². The van der Waals surface area contributed by atoms with Gasteiger partial charge >= 0.3 is 5.97 Å². The Bertz CT molecular complexity index is 1850. The van der Waals surface area contributed by atoms with Crippen LogP contribution in [0.25, 0.3) is 33.0 Å². The third-order valence-corrected chi connectivity index (χ3v) is 6.61. The molecular formula is C28H19NO8. The Morgan fingerprint density at radius 1 is 1.00 bits per heavy atom. The summed E-state index contributed by atoms with van der Waals surface area (Å²) in [5, 5.41) is 20.9. The van der Waals surface area contributed by atoms with Crippen LogP contribution in [0.2, 0.25) is 0 Å². The Morgan fingerprint density at radius 2 is 1.78 bits per heavy atom. The van der Waals surface area contributed by atoms with Gasteiger partial charge in [0.15, 0.2) is 0 Å². The number of nitrogens with one attached hydrogen (secondary N) is 1. The molecule has 0 amide bonds. The van der Waals surface area contributed by atoms with Gasteiger partial charge in [-0.2, -0.15) is 0 Å². The van der Waals surface area contributed by atoms with Crippen LogP contribution in [-0.2, 0) is 4.79 Å². The van der Waals surface area contributed by atoms with Crippen LogP contribution < -0.4 is 20.5 Å². The Balaban J connectivity index is 1.59. The van der Waals surface area contributed by atoms with Gasteiger partial charge in [-0.25, -0.2) is 0 Å². The molecule has 5 aromatic rings. The number of methoxy groups -OCH3 is 1. The average molecular weight is 497 g/mol. The lowest BCUT2D eigenvalue weighted by Gasteiger charge is -2.25. The number of carbonyl (C=O) groups excluding carboxylic acids is 1. The van der Waals surface area contributed by atoms with E-state index in [4.69, 9.17) is 13.9 Å². The van der Waals surface area contributed by atoms with Crippen molar-refractivity contribution in [1.82, 2.24) is 4.98 Å². The van der Waals surface area contributed by atoms with Gasteiger partial charge in [0.05, 0.1) is 24.6 Å². The number of phenolic OH excluding ortho intramolecular Hbond substituents is 2. The predicted octanol–water partition coefficient (Wildman–Crippen LogP) is 4.16. The molecule has 1 atom stereocenters. The standard InChI is InChI=1S/C28H19NO8/c1-35-16-7-4-14-8-18(28(34)29-20(14)9-16)17-10-23(32)37-22-11-21(31)25-26(33)19(12-36-27(25)24(17)22)13-2-5-15(30)6-3-13/h2-9,11-12,17,30-31H,10H2,1H3,(H,29,34)/t17-/m1/s1. The summed E-state index contributed by atoms with van der Waals surface area (Å²) < 4.78 is 16.5. The summed E-state index contributed by atoms with van der Waals surface area (Å²) in [6.07, 6.45) is 1.09. The number of hydrogen-bond donors (Lipinski definition) is 3. The zero-order valence-corrected chi connectivity index (χ0v) is 19.4. The second kappa shape index (κ2) is 8.27. The highest BCUT2D eigenvalue weighted by atomic mass is 16.5. The van der Waals surface area contributed by atoms with E-state index in [0.29, 0.717) is 22.4 Å². The lowest BCUT2D eigenvalue weighted by atomic mass is 9.85. The molecule has 3 aromatic carbocycles. The maximum atomic E-state index is 13.5. The monoisotopic (exact) mass is 497 g/mol. The molecule has 9 heteroatoms. The lowest BCUT2D eigenvalue weighted by molar-refractivity contribution is -0.135. The largest absolute Gasteiger partial charge is 0.508 e. The van der Waals surface area contributed by atoms with Gasteiger partial charge in [0.2, 0.25) is 5.43 Å². The lowest BCUT2D eigenvalue weighted by Crippen LogP contribution is -2.26. The summed E-state index contributed by atoms with van der Waals surface area (Å²) in [7, 11) is 1.53. The van der Waals surface area contributed by atoms with Gasteiger partial charge < -0.3 is 29.1 Å². The van der Waals surface area contributed by atoms with Crippen molar-refractivity contribution in [2.45, 2.75) is 12.3 Å². The first-order chi connectivity index (χ1) is 17.8. The molecule has 3 N–H and O–H groups in total. The summed E-state index contributed by atoms with van der Waals surface area (Å²) >= 11 is 0. The van der Waals surface area contributed by atoms with Crippen molar-refractivity contribution < 1.29 is 28.9 Å². The molecule has 3 heterocycles. The molecule has 0 spiro atoms. The van der Waals surface area contributed by atoms with Gasteiger partial charge in [0.25, 0.3) is 5.56 Å². The smallest absolute Gasteiger partial charge is 0.312 e. The highest BCUT2D eigenvalue weighted by Gasteiger charge is 2.35. The number of hydrogen-bond acceptors (Lipinski definition) is 8. The van der Waals surface area contributed by atoms with E-state index in [1.165, 1.54) is 31.6 Å². The van der Waals surface area contributed by atoms with Crippen molar-refractivity contribution >= 4 is 27.8 Å². The predicted molar refractivity (Wildman–Crippen MR) is 134 cm³/mol. The zero-order chi connectivity index (χ0) is 25.8. The van der Waals surface area contributed by atoms with Crippen molar-refractivity contribution in [3.8, 4) is 34.1 Å². The molecule has 0 saturated heterocycles. The van der Waals surface area contributed by atoms with E-state index >= 15 is 0 Å². The van der Waals surface area contributed by atoms with E-state index in [1.54, 1.807) is 36.4 Å². The molecule has 9 nitrogen and oxygen atoms in total. The fraction of sp³-hybridized carbons (Fsp3) is 0.107. The third kappa shape index (κ3) is 3.59. The Kier molecular flexibility index (Phi) is 5.01. The van der Waals surface area contributed by atoms with Gasteiger partial charge in [-0.05, 0) is 41.3 Å². The van der Waals surface area contributed by atoms with E-state index < -0.39 is 28.6 Å². The number of pyridine rings is 1. The van der Waals surface area contributed by atoms with E-state index in [9.17, 15) is 24.6 Å². The van der Waals surface area contributed by atoms with Crippen molar-refractivity contribution in [1.29, 1.82) is 0 Å². The number of carbonyl (C=O) groups is 1. The van der Waals surface area contributed by atoms with Crippen LogP contribution in [0.1, 0.15) is 23.5 Å². The van der Waals surface area contributed by atoms with Crippen molar-refractivity contribution in [2.75, 3.05) is 7.11 Å². The summed E-state index contributed by atoms with van der Waals surface area (Å²) in [4.78, 5) is 42.0. The number of rotatable bonds is 3. The van der Waals surface area contributed by atoms with Crippen molar-refractivity contribution in [2.24, 2.45) is 0 Å². The minimum atomic E-state index is -0.794. The SMILES string of the molecule is COc1ccc2cc([C@H]3CC(=O)Oc4cc(O)c5c(=O)c(-c6ccc(O)cc6)coc5c43)c(=O)[nH]c2c1. The number of aromatic amines is 1. The van der Waals surface area contributed by atoms with Crippen molar-refractivity contribution in [3.05, 3.63) is 92.6 Å². The van der Waals surface area contributed by atoms with Gasteiger partial charge in [0, 0.05) is 29.2 Å². The Morgan fingerprint density at radius 3 is 2.54 bits per heavy atom. The third-order valence-electron chi connectivity index (χ3n) is 6.61. The van der Waals surface area contributed by atoms with E-state index in [1.807, 2.05) is 0 Å². The number of ether oxygens (including phenoxy) is 2. The molecule has 2 aromatic heterocycles. The second-order valence-electron chi connectivity index (χ2n) is 8.77. The van der Waals surface area contributed by atoms with Crippen LogP contribution in [0.5, 0.6) is 23.0 Å². The molecule has 1 aliphatic rings. The molecule has 0 saturated carbocycles. The number of aromatic hydroxyl groups is 2. The number of H-pyrrole nitrogens is 1. The van der Waals surface area contributed by atoms with E-state index in [2.05, 4.69) is 4.98 Å². The quantitative estimate of drug-likeness (QED) is 0.249. The first-order valence-electron chi connectivity index (χ1n) is 11.4. The highest BCUT2D eigenvalue weighted by Crippen LogP contribution is 2.45. The molecule has 184 valence electrons. The van der Waals surface area contributed by atoms with Crippen LogP contribution >= 0.6 is 0 Å². The summed E-state index contributed by atoms with van der Waals surface area (Å²) in [6, 6.07) is 14.1. The molecule has 0 radical (unpaired) electrons. The Labute approximate surface area is 208 Å². The number of benzene rings is 3. The molecule has 0 aliphatic carbocycles. The van der Waals surface area contributed by atoms with Crippen LogP contribution in [0, 0.1) is 0 Å². The number of esters is 1. The molecule has 0 bridgehead atoms. The summed E-state index contributed by atoms with van der Waals surface area (Å²) in [5.41, 5.74) is 0.909. The van der Waals surface area contributed by atoms with Gasteiger partial charge in [-0.15, -0.1) is 0 Å². The van der Waals surface area contributed by atoms with Crippen LogP contribution in [0.15, 0.2) is 74.9 Å². The molecular weight excluding hydrogens is 478 g/mol. The molecule has 1 aliphatic heterocycles. The molecule has 6 rings (SSSR count). The second-order valence-corrected chi connectivity index (χ2v) is 8.77. The van der Waals surface area contributed by atoms with E-state index in [-0.39, 0.29) is 40.0 Å². The van der Waals surface area contributed by atoms with Gasteiger partial charge in [-0.1, -0.05) is 12.1 Å². The summed E-state index contributed by atoms with van der Waals surface area (Å²) in [5.74, 6) is -1.17.